The topological polar surface area (TPSA) is 55.1 Å². The average molecular weight is 317 g/mol. The number of hydrogen-bond acceptors (Lipinski definition) is 3. The molecule has 5 heteroatoms. The minimum absolute atomic E-state index is 0.0973. The van der Waals surface area contributed by atoms with Gasteiger partial charge in [-0.2, -0.15) is 0 Å². The Bertz CT molecular complexity index is 395. The lowest BCUT2D eigenvalue weighted by Crippen LogP contribution is -2.41. The second-order valence-corrected chi connectivity index (χ2v) is 6.65. The van der Waals surface area contributed by atoms with Gasteiger partial charge in [-0.1, -0.05) is 6.42 Å². The highest BCUT2D eigenvalue weighted by molar-refractivity contribution is 9.10. The summed E-state index contributed by atoms with van der Waals surface area (Å²) >= 11 is 5.05. The second-order valence-electron chi connectivity index (χ2n) is 4.74. The van der Waals surface area contributed by atoms with Crippen molar-refractivity contribution >= 4 is 33.2 Å². The summed E-state index contributed by atoms with van der Waals surface area (Å²) in [6.45, 7) is 1.25. The van der Waals surface area contributed by atoms with Crippen molar-refractivity contribution in [2.75, 3.05) is 6.54 Å². The van der Waals surface area contributed by atoms with Crippen molar-refractivity contribution in [2.24, 2.45) is 11.1 Å². The smallest absolute Gasteiger partial charge is 0.220 e. The Kier molecular flexibility index (Phi) is 4.22. The second kappa shape index (κ2) is 5.50. The van der Waals surface area contributed by atoms with Gasteiger partial charge in [-0.05, 0) is 46.8 Å². The highest BCUT2D eigenvalue weighted by atomic mass is 79.9. The van der Waals surface area contributed by atoms with Gasteiger partial charge in [0, 0.05) is 21.2 Å². The van der Waals surface area contributed by atoms with Gasteiger partial charge in [-0.15, -0.1) is 11.3 Å². The highest BCUT2D eigenvalue weighted by Crippen LogP contribution is 2.42. The van der Waals surface area contributed by atoms with Crippen LogP contribution in [-0.2, 0) is 11.3 Å². The summed E-state index contributed by atoms with van der Waals surface area (Å²) in [6, 6.07) is 2.03. The summed E-state index contributed by atoms with van der Waals surface area (Å²) in [6.07, 6.45) is 3.99. The van der Waals surface area contributed by atoms with Crippen LogP contribution in [0.5, 0.6) is 0 Å². The fourth-order valence-electron chi connectivity index (χ4n) is 2.17. The van der Waals surface area contributed by atoms with Gasteiger partial charge in [0.05, 0.1) is 6.54 Å². The van der Waals surface area contributed by atoms with E-state index in [0.717, 1.165) is 17.3 Å². The average Bonchev–Trinajstić information content (AvgIpc) is 2.67. The highest BCUT2D eigenvalue weighted by Gasteiger charge is 2.37. The van der Waals surface area contributed by atoms with Crippen molar-refractivity contribution in [3.8, 4) is 0 Å². The van der Waals surface area contributed by atoms with E-state index in [-0.39, 0.29) is 11.3 Å². The molecule has 0 bridgehead atoms. The van der Waals surface area contributed by atoms with E-state index >= 15 is 0 Å². The number of rotatable bonds is 5. The number of thiophene rings is 1. The van der Waals surface area contributed by atoms with E-state index in [1.165, 1.54) is 11.3 Å². The van der Waals surface area contributed by atoms with E-state index in [9.17, 15) is 4.79 Å². The van der Waals surface area contributed by atoms with Crippen LogP contribution in [0.2, 0.25) is 0 Å². The molecule has 2 rings (SSSR count). The molecular weight excluding hydrogens is 300 g/mol. The Morgan fingerprint density at radius 1 is 1.59 bits per heavy atom. The Hall–Kier alpha value is -0.390. The first-order valence-electron chi connectivity index (χ1n) is 5.83. The molecule has 1 aromatic heterocycles. The van der Waals surface area contributed by atoms with Gasteiger partial charge in [0.15, 0.2) is 0 Å². The number of amides is 1. The van der Waals surface area contributed by atoms with E-state index in [1.54, 1.807) is 11.3 Å². The number of nitrogens with one attached hydrogen (secondary N) is 1. The normalized spacial score (nSPS) is 17.5. The minimum Gasteiger partial charge on any atom is -0.351 e. The monoisotopic (exact) mass is 316 g/mol. The maximum Gasteiger partial charge on any atom is 0.220 e. The molecule has 0 aliphatic heterocycles. The lowest BCUT2D eigenvalue weighted by atomic mass is 9.66. The van der Waals surface area contributed by atoms with Crippen LogP contribution in [0, 0.1) is 5.41 Å². The molecule has 0 spiro atoms. The quantitative estimate of drug-likeness (QED) is 0.877. The van der Waals surface area contributed by atoms with E-state index in [2.05, 4.69) is 21.2 Å². The third-order valence-corrected chi connectivity index (χ3v) is 5.16. The predicted molar refractivity (Wildman–Crippen MR) is 73.8 cm³/mol. The van der Waals surface area contributed by atoms with Gasteiger partial charge in [0.25, 0.3) is 0 Å². The zero-order valence-electron chi connectivity index (χ0n) is 9.67. The van der Waals surface area contributed by atoms with Crippen molar-refractivity contribution < 1.29 is 4.79 Å². The Morgan fingerprint density at radius 2 is 2.35 bits per heavy atom. The molecule has 3 N–H and O–H groups in total. The zero-order valence-corrected chi connectivity index (χ0v) is 12.1. The van der Waals surface area contributed by atoms with Crippen molar-refractivity contribution in [1.82, 2.24) is 5.32 Å². The molecule has 3 nitrogen and oxygen atoms in total. The Morgan fingerprint density at radius 3 is 2.82 bits per heavy atom. The van der Waals surface area contributed by atoms with Gasteiger partial charge in [0.1, 0.15) is 0 Å². The fraction of sp³-hybridized carbons (Fsp3) is 0.583. The first-order chi connectivity index (χ1) is 8.13. The van der Waals surface area contributed by atoms with Gasteiger partial charge in [-0.25, -0.2) is 0 Å². The molecule has 1 saturated carbocycles. The number of halogens is 1. The van der Waals surface area contributed by atoms with Crippen LogP contribution in [-0.4, -0.2) is 12.5 Å². The Balaban J connectivity index is 1.77. The van der Waals surface area contributed by atoms with E-state index < -0.39 is 0 Å². The summed E-state index contributed by atoms with van der Waals surface area (Å²) in [7, 11) is 0. The van der Waals surface area contributed by atoms with Gasteiger partial charge in [0.2, 0.25) is 5.91 Å². The fourth-order valence-corrected chi connectivity index (χ4v) is 3.56. The largest absolute Gasteiger partial charge is 0.351 e. The van der Waals surface area contributed by atoms with Crippen LogP contribution in [0.3, 0.4) is 0 Å². The summed E-state index contributed by atoms with van der Waals surface area (Å²) in [5, 5.41) is 4.99. The minimum atomic E-state index is 0.0973. The number of carbonyl (C=O) groups is 1. The molecular formula is C12H17BrN2OS. The summed E-state index contributed by atoms with van der Waals surface area (Å²) in [4.78, 5) is 13.0. The van der Waals surface area contributed by atoms with Crippen molar-refractivity contribution in [1.29, 1.82) is 0 Å². The maximum atomic E-state index is 11.8. The first kappa shape index (κ1) is 13.1. The predicted octanol–water partition coefficient (Wildman–Crippen LogP) is 2.65. The molecule has 0 unspecified atom stereocenters. The van der Waals surface area contributed by atoms with Crippen LogP contribution in [0.15, 0.2) is 15.9 Å². The van der Waals surface area contributed by atoms with Crippen molar-refractivity contribution in [2.45, 2.75) is 32.2 Å². The molecule has 0 atom stereocenters. The Labute approximate surface area is 114 Å². The molecule has 17 heavy (non-hydrogen) atoms. The standard InChI is InChI=1S/C12H17BrN2OS/c13-9-4-10(17-7-9)6-15-11(16)5-12(8-14)2-1-3-12/h4,7H,1-3,5-6,8,14H2,(H,15,16). The van der Waals surface area contributed by atoms with Gasteiger partial charge >= 0.3 is 0 Å². The molecule has 1 heterocycles. The molecule has 1 aliphatic carbocycles. The number of nitrogens with two attached hydrogens (primary N) is 1. The molecule has 0 saturated heterocycles. The molecule has 1 aliphatic rings. The number of hydrogen-bond donors (Lipinski definition) is 2. The van der Waals surface area contributed by atoms with Crippen LogP contribution in [0.4, 0.5) is 0 Å². The van der Waals surface area contributed by atoms with Crippen molar-refractivity contribution in [3.05, 3.63) is 20.8 Å². The van der Waals surface area contributed by atoms with E-state index in [1.807, 2.05) is 11.4 Å². The lowest BCUT2D eigenvalue weighted by molar-refractivity contribution is -0.124. The molecule has 1 amide bonds. The zero-order chi connectivity index (χ0) is 12.3. The molecule has 94 valence electrons. The first-order valence-corrected chi connectivity index (χ1v) is 7.50. The van der Waals surface area contributed by atoms with Gasteiger partial charge in [-0.3, -0.25) is 4.79 Å². The third kappa shape index (κ3) is 3.30. The van der Waals surface area contributed by atoms with Crippen LogP contribution in [0.25, 0.3) is 0 Å². The molecule has 0 radical (unpaired) electrons. The molecule has 0 aromatic carbocycles. The summed E-state index contributed by atoms with van der Waals surface area (Å²) < 4.78 is 1.07. The van der Waals surface area contributed by atoms with Crippen LogP contribution in [0.1, 0.15) is 30.6 Å². The summed E-state index contributed by atoms with van der Waals surface area (Å²) in [5.41, 5.74) is 5.84. The van der Waals surface area contributed by atoms with Crippen molar-refractivity contribution in [3.63, 3.8) is 0 Å². The maximum absolute atomic E-state index is 11.8. The molecule has 1 fully saturated rings. The lowest BCUT2D eigenvalue weighted by Gasteiger charge is -2.40. The summed E-state index contributed by atoms with van der Waals surface area (Å²) in [5.74, 6) is 0.125. The SMILES string of the molecule is NCC1(CC(=O)NCc2cc(Br)cs2)CCC1. The van der Waals surface area contributed by atoms with Gasteiger partial charge < -0.3 is 11.1 Å². The van der Waals surface area contributed by atoms with E-state index in [4.69, 9.17) is 5.73 Å². The molecule has 1 aromatic rings. The number of carbonyl (C=O) groups excluding carboxylic acids is 1. The third-order valence-electron chi connectivity index (χ3n) is 3.46. The van der Waals surface area contributed by atoms with E-state index in [0.29, 0.717) is 19.5 Å². The van der Waals surface area contributed by atoms with Crippen LogP contribution < -0.4 is 11.1 Å². The van der Waals surface area contributed by atoms with Crippen LogP contribution >= 0.6 is 27.3 Å².